The molecule has 25 heavy (non-hydrogen) atoms. The van der Waals surface area contributed by atoms with Crippen LogP contribution >= 0.6 is 0 Å². The molecule has 0 aliphatic rings. The minimum atomic E-state index is -0.287. The lowest BCUT2D eigenvalue weighted by Crippen LogP contribution is -3.06. The molecule has 0 aliphatic carbocycles. The number of nitrogens with one attached hydrogen (secondary N) is 1. The van der Waals surface area contributed by atoms with E-state index in [1.165, 1.54) is 10.5 Å². The van der Waals surface area contributed by atoms with Crippen molar-refractivity contribution in [1.82, 2.24) is 0 Å². The fourth-order valence-electron chi connectivity index (χ4n) is 3.19. The van der Waals surface area contributed by atoms with Crippen LogP contribution in [-0.2, 0) is 13.1 Å². The van der Waals surface area contributed by atoms with Crippen LogP contribution in [0.15, 0.2) is 51.7 Å². The number of methoxy groups -OCH3 is 1. The molecule has 1 unspecified atom stereocenters. The molecule has 0 radical (unpaired) electrons. The molecule has 1 atom stereocenters. The van der Waals surface area contributed by atoms with Crippen LogP contribution in [0.3, 0.4) is 0 Å². The van der Waals surface area contributed by atoms with Gasteiger partial charge in [0.05, 0.1) is 14.2 Å². The Balaban J connectivity index is 1.89. The minimum Gasteiger partial charge on any atom is -0.497 e. The van der Waals surface area contributed by atoms with Crippen molar-refractivity contribution in [3.63, 3.8) is 0 Å². The van der Waals surface area contributed by atoms with E-state index in [2.05, 4.69) is 31.3 Å². The molecule has 1 N–H and O–H groups in total. The van der Waals surface area contributed by atoms with E-state index in [-0.39, 0.29) is 5.63 Å². The summed E-state index contributed by atoms with van der Waals surface area (Å²) in [5, 5.41) is 1.02. The van der Waals surface area contributed by atoms with Gasteiger partial charge in [-0.3, -0.25) is 0 Å². The van der Waals surface area contributed by atoms with Crippen LogP contribution in [0.2, 0.25) is 0 Å². The highest BCUT2D eigenvalue weighted by Crippen LogP contribution is 2.22. The smallest absolute Gasteiger partial charge is 0.336 e. The molecular weight excluding hydrogens is 314 g/mol. The van der Waals surface area contributed by atoms with Crippen molar-refractivity contribution in [2.75, 3.05) is 14.2 Å². The Hall–Kier alpha value is -2.59. The fourth-order valence-corrected chi connectivity index (χ4v) is 3.19. The van der Waals surface area contributed by atoms with E-state index in [4.69, 9.17) is 9.15 Å². The van der Waals surface area contributed by atoms with E-state index in [9.17, 15) is 4.79 Å². The predicted molar refractivity (Wildman–Crippen MR) is 99.2 cm³/mol. The summed E-state index contributed by atoms with van der Waals surface area (Å²) in [5.74, 6) is 0.863. The van der Waals surface area contributed by atoms with Crippen LogP contribution in [0.4, 0.5) is 0 Å². The first-order chi connectivity index (χ1) is 12.0. The summed E-state index contributed by atoms with van der Waals surface area (Å²) >= 11 is 0. The Bertz CT molecular complexity index is 959. The van der Waals surface area contributed by atoms with Crippen LogP contribution in [0, 0.1) is 13.8 Å². The van der Waals surface area contributed by atoms with Gasteiger partial charge in [-0.1, -0.05) is 24.3 Å². The van der Waals surface area contributed by atoms with Crippen molar-refractivity contribution in [2.24, 2.45) is 0 Å². The van der Waals surface area contributed by atoms with Gasteiger partial charge in [-0.25, -0.2) is 4.79 Å². The number of hydrogen-bond acceptors (Lipinski definition) is 3. The molecule has 3 aromatic rings. The molecule has 3 rings (SSSR count). The molecular formula is C21H24NO3+. The van der Waals surface area contributed by atoms with Gasteiger partial charge in [0.1, 0.15) is 24.4 Å². The van der Waals surface area contributed by atoms with Gasteiger partial charge in [-0.2, -0.15) is 0 Å². The Morgan fingerprint density at radius 1 is 1.08 bits per heavy atom. The maximum absolute atomic E-state index is 12.0. The first-order valence-corrected chi connectivity index (χ1v) is 8.45. The summed E-state index contributed by atoms with van der Waals surface area (Å²) < 4.78 is 10.8. The van der Waals surface area contributed by atoms with E-state index < -0.39 is 0 Å². The van der Waals surface area contributed by atoms with E-state index in [0.29, 0.717) is 5.58 Å². The molecule has 0 saturated heterocycles. The van der Waals surface area contributed by atoms with Gasteiger partial charge in [-0.15, -0.1) is 0 Å². The number of fused-ring (bicyclic) bond motifs is 1. The molecule has 0 fully saturated rings. The molecule has 130 valence electrons. The summed E-state index contributed by atoms with van der Waals surface area (Å²) in [6.45, 7) is 5.63. The topological polar surface area (TPSA) is 43.9 Å². The lowest BCUT2D eigenvalue weighted by atomic mass is 10.0. The third-order valence-corrected chi connectivity index (χ3v) is 4.65. The second-order valence-electron chi connectivity index (χ2n) is 6.64. The van der Waals surface area contributed by atoms with Crippen LogP contribution in [0.25, 0.3) is 11.0 Å². The molecule has 2 aromatic carbocycles. The molecule has 4 nitrogen and oxygen atoms in total. The SMILES string of the molecule is COc1cccc(C[NH+](C)Cc2cc(=O)oc3c(C)c(C)ccc23)c1. The van der Waals surface area contributed by atoms with Crippen LogP contribution in [-0.4, -0.2) is 14.2 Å². The number of benzene rings is 2. The summed E-state index contributed by atoms with van der Waals surface area (Å²) in [5.41, 5.74) is 4.81. The Morgan fingerprint density at radius 2 is 1.88 bits per heavy atom. The normalized spacial score (nSPS) is 12.3. The minimum absolute atomic E-state index is 0.287. The number of hydrogen-bond donors (Lipinski definition) is 1. The van der Waals surface area contributed by atoms with Crippen molar-refractivity contribution >= 4 is 11.0 Å². The quantitative estimate of drug-likeness (QED) is 0.728. The maximum Gasteiger partial charge on any atom is 0.336 e. The fraction of sp³-hybridized carbons (Fsp3) is 0.286. The maximum atomic E-state index is 12.0. The standard InChI is InChI=1S/C21H23NO3/c1-14-8-9-19-17(11-20(23)25-21(19)15(14)2)13-22(3)12-16-6-5-7-18(10-16)24-4/h5-11H,12-13H2,1-4H3/p+1. The average Bonchev–Trinajstić information content (AvgIpc) is 2.58. The van der Waals surface area contributed by atoms with Gasteiger partial charge in [0.15, 0.2) is 0 Å². The molecule has 0 amide bonds. The van der Waals surface area contributed by atoms with E-state index >= 15 is 0 Å². The van der Waals surface area contributed by atoms with Gasteiger partial charge in [0, 0.05) is 22.6 Å². The third-order valence-electron chi connectivity index (χ3n) is 4.65. The molecule has 4 heteroatoms. The Labute approximate surface area is 147 Å². The van der Waals surface area contributed by atoms with Crippen LogP contribution in [0.5, 0.6) is 5.75 Å². The highest BCUT2D eigenvalue weighted by molar-refractivity contribution is 5.83. The van der Waals surface area contributed by atoms with Crippen molar-refractivity contribution in [3.05, 3.63) is 75.1 Å². The van der Waals surface area contributed by atoms with Gasteiger partial charge in [0.25, 0.3) is 0 Å². The number of ether oxygens (including phenoxy) is 1. The third kappa shape index (κ3) is 3.74. The van der Waals surface area contributed by atoms with Crippen molar-refractivity contribution < 1.29 is 14.1 Å². The second-order valence-corrected chi connectivity index (χ2v) is 6.64. The molecule has 0 saturated carbocycles. The average molecular weight is 338 g/mol. The highest BCUT2D eigenvalue weighted by atomic mass is 16.5. The van der Waals surface area contributed by atoms with Gasteiger partial charge < -0.3 is 14.1 Å². The molecule has 0 spiro atoms. The highest BCUT2D eigenvalue weighted by Gasteiger charge is 2.13. The first-order valence-electron chi connectivity index (χ1n) is 8.45. The predicted octanol–water partition coefficient (Wildman–Crippen LogP) is 2.63. The van der Waals surface area contributed by atoms with Crippen LogP contribution in [0.1, 0.15) is 22.3 Å². The Kier molecular flexibility index (Phi) is 4.91. The molecule has 1 heterocycles. The van der Waals surface area contributed by atoms with Crippen LogP contribution < -0.4 is 15.3 Å². The van der Waals surface area contributed by atoms with Crippen molar-refractivity contribution in [2.45, 2.75) is 26.9 Å². The van der Waals surface area contributed by atoms with E-state index in [1.807, 2.05) is 26.0 Å². The molecule has 1 aromatic heterocycles. The van der Waals surface area contributed by atoms with Gasteiger partial charge >= 0.3 is 5.63 Å². The zero-order valence-electron chi connectivity index (χ0n) is 15.2. The number of rotatable bonds is 5. The zero-order valence-corrected chi connectivity index (χ0v) is 15.2. The monoisotopic (exact) mass is 338 g/mol. The summed E-state index contributed by atoms with van der Waals surface area (Å²) in [7, 11) is 3.80. The lowest BCUT2D eigenvalue weighted by Gasteiger charge is -2.16. The summed E-state index contributed by atoms with van der Waals surface area (Å²) in [4.78, 5) is 13.3. The first kappa shape index (κ1) is 17.2. The molecule has 0 aliphatic heterocycles. The van der Waals surface area contributed by atoms with Gasteiger partial charge in [0.2, 0.25) is 0 Å². The van der Waals surface area contributed by atoms with Gasteiger partial charge in [-0.05, 0) is 37.1 Å². The van der Waals surface area contributed by atoms with E-state index in [0.717, 1.165) is 40.9 Å². The number of aryl methyl sites for hydroxylation is 2. The van der Waals surface area contributed by atoms with Crippen molar-refractivity contribution in [3.8, 4) is 5.75 Å². The largest absolute Gasteiger partial charge is 0.497 e. The zero-order chi connectivity index (χ0) is 18.0. The Morgan fingerprint density at radius 3 is 2.64 bits per heavy atom. The summed E-state index contributed by atoms with van der Waals surface area (Å²) in [6, 6.07) is 13.8. The lowest BCUT2D eigenvalue weighted by molar-refractivity contribution is -0.907. The number of quaternary nitrogens is 1. The molecule has 0 bridgehead atoms. The van der Waals surface area contributed by atoms with E-state index in [1.54, 1.807) is 13.2 Å². The summed E-state index contributed by atoms with van der Waals surface area (Å²) in [6.07, 6.45) is 0. The second kappa shape index (κ2) is 7.11. The van der Waals surface area contributed by atoms with Crippen molar-refractivity contribution in [1.29, 1.82) is 0 Å².